The molecule has 0 atom stereocenters. The number of carboxylic acid groups (broad SMARTS) is 1. The lowest BCUT2D eigenvalue weighted by Gasteiger charge is -2.13. The summed E-state index contributed by atoms with van der Waals surface area (Å²) in [6.45, 7) is -1.43. The average molecular weight is 271 g/mol. The molecule has 0 saturated carbocycles. The standard InChI is InChI=1S/C9H6F5NO3/c10-2-4-3-15-5(1-6(16)17)7(11)8(4)18-9(12,13)14/h3H,1-2H2,(H,16,17). The van der Waals surface area contributed by atoms with E-state index in [9.17, 15) is 26.7 Å². The van der Waals surface area contributed by atoms with Crippen LogP contribution in [0.3, 0.4) is 0 Å². The Morgan fingerprint density at radius 2 is 2.06 bits per heavy atom. The number of aromatic nitrogens is 1. The molecule has 0 aliphatic heterocycles. The summed E-state index contributed by atoms with van der Waals surface area (Å²) < 4.78 is 65.1. The predicted molar refractivity (Wildman–Crippen MR) is 47.0 cm³/mol. The van der Waals surface area contributed by atoms with E-state index in [-0.39, 0.29) is 0 Å². The molecule has 0 radical (unpaired) electrons. The number of aliphatic carboxylic acids is 1. The highest BCUT2D eigenvalue weighted by atomic mass is 19.4. The molecule has 0 fully saturated rings. The smallest absolute Gasteiger partial charge is 0.481 e. The van der Waals surface area contributed by atoms with Crippen molar-refractivity contribution < 1.29 is 36.6 Å². The first-order chi connectivity index (χ1) is 8.24. The fraction of sp³-hybridized carbons (Fsp3) is 0.333. The van der Waals surface area contributed by atoms with Crippen LogP contribution >= 0.6 is 0 Å². The van der Waals surface area contributed by atoms with E-state index < -0.39 is 48.3 Å². The van der Waals surface area contributed by atoms with Crippen LogP contribution in [0.5, 0.6) is 5.75 Å². The first-order valence-electron chi connectivity index (χ1n) is 4.44. The van der Waals surface area contributed by atoms with Crippen LogP contribution in [0.25, 0.3) is 0 Å². The summed E-state index contributed by atoms with van der Waals surface area (Å²) in [7, 11) is 0. The van der Waals surface area contributed by atoms with Gasteiger partial charge in [0, 0.05) is 11.8 Å². The lowest BCUT2D eigenvalue weighted by molar-refractivity contribution is -0.276. The molecule has 9 heteroatoms. The largest absolute Gasteiger partial charge is 0.573 e. The second kappa shape index (κ2) is 5.15. The number of ether oxygens (including phenoxy) is 1. The number of nitrogens with zero attached hydrogens (tertiary/aromatic N) is 1. The van der Waals surface area contributed by atoms with Crippen molar-refractivity contribution in [2.24, 2.45) is 0 Å². The first-order valence-corrected chi connectivity index (χ1v) is 4.44. The summed E-state index contributed by atoms with van der Waals surface area (Å²) >= 11 is 0. The first kappa shape index (κ1) is 14.1. The van der Waals surface area contributed by atoms with Gasteiger partial charge in [-0.15, -0.1) is 13.2 Å². The van der Waals surface area contributed by atoms with Gasteiger partial charge in [-0.2, -0.15) is 0 Å². The molecule has 0 unspecified atom stereocenters. The molecule has 1 rings (SSSR count). The molecule has 0 spiro atoms. The van der Waals surface area contributed by atoms with Crippen molar-refractivity contribution in [3.05, 3.63) is 23.3 Å². The molecule has 0 bridgehead atoms. The molecule has 4 nitrogen and oxygen atoms in total. The summed E-state index contributed by atoms with van der Waals surface area (Å²) in [5.41, 5.74) is -1.52. The second-order valence-corrected chi connectivity index (χ2v) is 3.13. The maximum absolute atomic E-state index is 13.5. The van der Waals surface area contributed by atoms with Crippen molar-refractivity contribution in [3.63, 3.8) is 0 Å². The van der Waals surface area contributed by atoms with Crippen LogP contribution < -0.4 is 4.74 Å². The summed E-state index contributed by atoms with van der Waals surface area (Å²) in [6, 6.07) is 0. The number of halogens is 5. The SMILES string of the molecule is O=C(O)Cc1ncc(CF)c(OC(F)(F)F)c1F. The van der Waals surface area contributed by atoms with E-state index in [0.717, 1.165) is 0 Å². The molecule has 100 valence electrons. The van der Waals surface area contributed by atoms with Crippen LogP contribution in [0, 0.1) is 5.82 Å². The lowest BCUT2D eigenvalue weighted by Crippen LogP contribution is -2.20. The van der Waals surface area contributed by atoms with E-state index in [1.807, 2.05) is 0 Å². The van der Waals surface area contributed by atoms with Crippen molar-refractivity contribution in [1.29, 1.82) is 0 Å². The molecule has 1 aromatic rings. The number of carbonyl (C=O) groups is 1. The van der Waals surface area contributed by atoms with Crippen LogP contribution in [-0.2, 0) is 17.9 Å². The van der Waals surface area contributed by atoms with Crippen molar-refractivity contribution in [3.8, 4) is 5.75 Å². The summed E-state index contributed by atoms with van der Waals surface area (Å²) in [5.74, 6) is -4.52. The third-order valence-electron chi connectivity index (χ3n) is 1.80. The Bertz CT molecular complexity index is 460. The van der Waals surface area contributed by atoms with Gasteiger partial charge >= 0.3 is 12.3 Å². The average Bonchev–Trinajstić information content (AvgIpc) is 2.22. The normalized spacial score (nSPS) is 11.4. The molecule has 0 amide bonds. The Hall–Kier alpha value is -1.93. The van der Waals surface area contributed by atoms with E-state index in [4.69, 9.17) is 5.11 Å². The van der Waals surface area contributed by atoms with E-state index in [1.54, 1.807) is 0 Å². The van der Waals surface area contributed by atoms with Crippen LogP contribution in [-0.4, -0.2) is 22.4 Å². The molecule has 1 aromatic heterocycles. The lowest BCUT2D eigenvalue weighted by atomic mass is 10.2. The molecular weight excluding hydrogens is 265 g/mol. The van der Waals surface area contributed by atoms with Gasteiger partial charge in [-0.05, 0) is 0 Å². The number of rotatable bonds is 4. The Kier molecular flexibility index (Phi) is 4.04. The fourth-order valence-corrected chi connectivity index (χ4v) is 1.13. The van der Waals surface area contributed by atoms with Crippen LogP contribution in [0.2, 0.25) is 0 Å². The second-order valence-electron chi connectivity index (χ2n) is 3.13. The van der Waals surface area contributed by atoms with Gasteiger partial charge < -0.3 is 9.84 Å². The maximum atomic E-state index is 13.5. The summed E-state index contributed by atoms with van der Waals surface area (Å²) in [6.07, 6.45) is -5.55. The minimum absolute atomic E-state index is 0.600. The Morgan fingerprint density at radius 3 is 2.50 bits per heavy atom. The molecule has 1 heterocycles. The van der Waals surface area contributed by atoms with Gasteiger partial charge in [-0.25, -0.2) is 8.78 Å². The zero-order valence-electron chi connectivity index (χ0n) is 8.59. The Labute approximate surface area is 97.0 Å². The molecule has 18 heavy (non-hydrogen) atoms. The van der Waals surface area contributed by atoms with Crippen molar-refractivity contribution >= 4 is 5.97 Å². The van der Waals surface area contributed by atoms with Gasteiger partial charge in [0.25, 0.3) is 0 Å². The number of pyridine rings is 1. The van der Waals surface area contributed by atoms with Crippen LogP contribution in [0.4, 0.5) is 22.0 Å². The van der Waals surface area contributed by atoms with Crippen molar-refractivity contribution in [1.82, 2.24) is 4.98 Å². The zero-order chi connectivity index (χ0) is 13.9. The maximum Gasteiger partial charge on any atom is 0.573 e. The highest BCUT2D eigenvalue weighted by Crippen LogP contribution is 2.30. The van der Waals surface area contributed by atoms with E-state index in [1.165, 1.54) is 0 Å². The monoisotopic (exact) mass is 271 g/mol. The Morgan fingerprint density at radius 1 is 1.44 bits per heavy atom. The molecular formula is C9H6F5NO3. The van der Waals surface area contributed by atoms with Crippen molar-refractivity contribution in [2.75, 3.05) is 0 Å². The molecule has 0 aliphatic carbocycles. The molecule has 1 N–H and O–H groups in total. The fourth-order valence-electron chi connectivity index (χ4n) is 1.13. The van der Waals surface area contributed by atoms with E-state index in [2.05, 4.69) is 9.72 Å². The van der Waals surface area contributed by atoms with Crippen LogP contribution in [0.1, 0.15) is 11.3 Å². The van der Waals surface area contributed by atoms with Gasteiger partial charge in [0.15, 0.2) is 11.6 Å². The minimum Gasteiger partial charge on any atom is -0.481 e. The highest BCUT2D eigenvalue weighted by Gasteiger charge is 2.34. The minimum atomic E-state index is -5.22. The number of hydrogen-bond donors (Lipinski definition) is 1. The van der Waals surface area contributed by atoms with Gasteiger partial charge in [0.05, 0.1) is 12.1 Å². The molecule has 0 aliphatic rings. The number of carboxylic acids is 1. The van der Waals surface area contributed by atoms with Gasteiger partial charge in [0.2, 0.25) is 0 Å². The third kappa shape index (κ3) is 3.54. The topological polar surface area (TPSA) is 59.4 Å². The summed E-state index contributed by atoms with van der Waals surface area (Å²) in [5, 5.41) is 8.40. The van der Waals surface area contributed by atoms with Crippen molar-refractivity contribution in [2.45, 2.75) is 19.5 Å². The highest BCUT2D eigenvalue weighted by molar-refractivity contribution is 5.69. The van der Waals surface area contributed by atoms with Gasteiger partial charge in [-0.1, -0.05) is 0 Å². The van der Waals surface area contributed by atoms with E-state index in [0.29, 0.717) is 6.20 Å². The zero-order valence-corrected chi connectivity index (χ0v) is 8.59. The molecule has 0 saturated heterocycles. The Balaban J connectivity index is 3.22. The number of alkyl halides is 4. The quantitative estimate of drug-likeness (QED) is 0.853. The van der Waals surface area contributed by atoms with Crippen LogP contribution in [0.15, 0.2) is 6.20 Å². The van der Waals surface area contributed by atoms with Gasteiger partial charge in [0.1, 0.15) is 6.67 Å². The predicted octanol–water partition coefficient (Wildman–Crippen LogP) is 2.22. The number of hydrogen-bond acceptors (Lipinski definition) is 3. The summed E-state index contributed by atoms with van der Waals surface area (Å²) in [4.78, 5) is 13.6. The van der Waals surface area contributed by atoms with E-state index >= 15 is 0 Å². The molecule has 0 aromatic carbocycles. The van der Waals surface area contributed by atoms with Gasteiger partial charge in [-0.3, -0.25) is 9.78 Å². The third-order valence-corrected chi connectivity index (χ3v) is 1.80.